The number of hydrogen-bond donors (Lipinski definition) is 2. The standard InChI is InChI=1S/C19H23N5O4S/c1-13-18(15(3)28-22-13)29(26,27)23-14(2)19(25)20-11-16-5-7-17(8-6-16)12-24-10-4-9-21-24/h4-10,14,23H,11-12H2,1-3H3,(H,20,25)/t14-/m0/s1. The number of aryl methyl sites for hydroxylation is 2. The molecule has 1 amide bonds. The molecule has 1 aromatic carbocycles. The third-order valence-corrected chi connectivity index (χ3v) is 6.14. The number of hydrogen-bond acceptors (Lipinski definition) is 6. The van der Waals surface area contributed by atoms with Crippen molar-refractivity contribution in [2.75, 3.05) is 0 Å². The van der Waals surface area contributed by atoms with Gasteiger partial charge in [-0.1, -0.05) is 29.4 Å². The Labute approximate surface area is 169 Å². The number of benzene rings is 1. The van der Waals surface area contributed by atoms with Gasteiger partial charge in [-0.2, -0.15) is 9.82 Å². The van der Waals surface area contributed by atoms with Crippen LogP contribution in [0.5, 0.6) is 0 Å². The average Bonchev–Trinajstić information content (AvgIpc) is 3.30. The minimum Gasteiger partial charge on any atom is -0.360 e. The van der Waals surface area contributed by atoms with Gasteiger partial charge in [0, 0.05) is 18.9 Å². The fourth-order valence-corrected chi connectivity index (χ4v) is 4.42. The normalized spacial score (nSPS) is 12.7. The average molecular weight is 417 g/mol. The molecule has 0 radical (unpaired) electrons. The lowest BCUT2D eigenvalue weighted by molar-refractivity contribution is -0.122. The molecule has 2 heterocycles. The first kappa shape index (κ1) is 20.7. The minimum atomic E-state index is -3.91. The van der Waals surface area contributed by atoms with Crippen LogP contribution in [0.25, 0.3) is 0 Å². The number of carbonyl (C=O) groups excluding carboxylic acids is 1. The molecule has 29 heavy (non-hydrogen) atoms. The molecule has 0 fully saturated rings. The third kappa shape index (κ3) is 5.09. The number of carbonyl (C=O) groups is 1. The van der Waals surface area contributed by atoms with Crippen LogP contribution in [0.3, 0.4) is 0 Å². The zero-order valence-electron chi connectivity index (χ0n) is 16.4. The Bertz CT molecular complexity index is 1050. The number of nitrogens with zero attached hydrogens (tertiary/aromatic N) is 3. The smallest absolute Gasteiger partial charge is 0.246 e. The summed E-state index contributed by atoms with van der Waals surface area (Å²) in [6.45, 7) is 5.48. The first-order chi connectivity index (χ1) is 13.8. The lowest BCUT2D eigenvalue weighted by Gasteiger charge is -2.14. The summed E-state index contributed by atoms with van der Waals surface area (Å²) in [5.41, 5.74) is 2.24. The van der Waals surface area contributed by atoms with Crippen molar-refractivity contribution in [3.8, 4) is 0 Å². The second-order valence-electron chi connectivity index (χ2n) is 6.73. The Hall–Kier alpha value is -2.98. The molecule has 1 atom stereocenters. The number of aromatic nitrogens is 3. The van der Waals surface area contributed by atoms with Crippen molar-refractivity contribution in [1.29, 1.82) is 0 Å². The van der Waals surface area contributed by atoms with E-state index in [1.54, 1.807) is 6.20 Å². The van der Waals surface area contributed by atoms with Crippen molar-refractivity contribution >= 4 is 15.9 Å². The maximum atomic E-state index is 12.5. The van der Waals surface area contributed by atoms with Gasteiger partial charge in [-0.15, -0.1) is 0 Å². The van der Waals surface area contributed by atoms with Gasteiger partial charge < -0.3 is 9.84 Å². The van der Waals surface area contributed by atoms with Gasteiger partial charge in [-0.05, 0) is 38.0 Å². The molecule has 0 aliphatic heterocycles. The number of nitrogens with one attached hydrogen (secondary N) is 2. The Kier molecular flexibility index (Phi) is 6.14. The van der Waals surface area contributed by atoms with Crippen LogP contribution in [-0.2, 0) is 27.9 Å². The van der Waals surface area contributed by atoms with E-state index in [1.165, 1.54) is 20.8 Å². The highest BCUT2D eigenvalue weighted by molar-refractivity contribution is 7.89. The molecule has 0 spiro atoms. The van der Waals surface area contributed by atoms with Gasteiger partial charge in [0.05, 0.1) is 12.6 Å². The van der Waals surface area contributed by atoms with Crippen LogP contribution in [0, 0.1) is 13.8 Å². The topological polar surface area (TPSA) is 119 Å². The molecule has 3 aromatic rings. The summed E-state index contributed by atoms with van der Waals surface area (Å²) in [7, 11) is -3.91. The molecule has 154 valence electrons. The van der Waals surface area contributed by atoms with Gasteiger partial charge in [0.25, 0.3) is 0 Å². The molecular formula is C19H23N5O4S. The summed E-state index contributed by atoms with van der Waals surface area (Å²) in [5.74, 6) is -0.251. The van der Waals surface area contributed by atoms with E-state index in [-0.39, 0.29) is 22.9 Å². The van der Waals surface area contributed by atoms with E-state index >= 15 is 0 Å². The Morgan fingerprint density at radius 2 is 1.90 bits per heavy atom. The van der Waals surface area contributed by atoms with Crippen LogP contribution < -0.4 is 10.0 Å². The molecule has 10 heteroatoms. The quantitative estimate of drug-likeness (QED) is 0.574. The van der Waals surface area contributed by atoms with Crippen LogP contribution in [0.1, 0.15) is 29.5 Å². The maximum absolute atomic E-state index is 12.5. The molecule has 2 aromatic heterocycles. The van der Waals surface area contributed by atoms with Crippen molar-refractivity contribution < 1.29 is 17.7 Å². The van der Waals surface area contributed by atoms with Crippen molar-refractivity contribution in [2.45, 2.75) is 44.8 Å². The molecule has 0 saturated carbocycles. The predicted molar refractivity (Wildman–Crippen MR) is 105 cm³/mol. The summed E-state index contributed by atoms with van der Waals surface area (Å²) < 4.78 is 34.1. The highest BCUT2D eigenvalue weighted by Gasteiger charge is 2.28. The van der Waals surface area contributed by atoms with Gasteiger partial charge in [0.1, 0.15) is 10.6 Å². The van der Waals surface area contributed by atoms with Gasteiger partial charge in [0.2, 0.25) is 15.9 Å². The van der Waals surface area contributed by atoms with Crippen LogP contribution in [0.2, 0.25) is 0 Å². The van der Waals surface area contributed by atoms with Crippen LogP contribution >= 0.6 is 0 Å². The Morgan fingerprint density at radius 3 is 2.48 bits per heavy atom. The first-order valence-electron chi connectivity index (χ1n) is 9.04. The molecule has 9 nitrogen and oxygen atoms in total. The van der Waals surface area contributed by atoms with Crippen LogP contribution in [-0.4, -0.2) is 35.3 Å². The predicted octanol–water partition coefficient (Wildman–Crippen LogP) is 1.52. The SMILES string of the molecule is Cc1noc(C)c1S(=O)(=O)N[C@@H](C)C(=O)NCc1ccc(Cn2cccn2)cc1. The summed E-state index contributed by atoms with van der Waals surface area (Å²) in [6, 6.07) is 8.67. The Balaban J connectivity index is 1.55. The molecule has 0 saturated heterocycles. The lowest BCUT2D eigenvalue weighted by Crippen LogP contribution is -2.44. The van der Waals surface area contributed by atoms with Crippen LogP contribution in [0.15, 0.2) is 52.1 Å². The second-order valence-corrected chi connectivity index (χ2v) is 8.39. The monoisotopic (exact) mass is 417 g/mol. The second kappa shape index (κ2) is 8.58. The largest absolute Gasteiger partial charge is 0.360 e. The van der Waals surface area contributed by atoms with E-state index < -0.39 is 22.0 Å². The summed E-state index contributed by atoms with van der Waals surface area (Å²) in [5, 5.41) is 10.5. The van der Waals surface area contributed by atoms with Gasteiger partial charge in [-0.25, -0.2) is 8.42 Å². The van der Waals surface area contributed by atoms with E-state index in [1.807, 2.05) is 41.2 Å². The number of sulfonamides is 1. The van der Waals surface area contributed by atoms with Crippen LogP contribution in [0.4, 0.5) is 0 Å². The summed E-state index contributed by atoms with van der Waals surface area (Å²) in [4.78, 5) is 12.3. The summed E-state index contributed by atoms with van der Waals surface area (Å²) >= 11 is 0. The Morgan fingerprint density at radius 1 is 1.21 bits per heavy atom. The summed E-state index contributed by atoms with van der Waals surface area (Å²) in [6.07, 6.45) is 3.62. The zero-order chi connectivity index (χ0) is 21.0. The van der Waals surface area contributed by atoms with Gasteiger partial charge in [-0.3, -0.25) is 9.48 Å². The number of rotatable bonds is 8. The molecule has 0 unspecified atom stereocenters. The molecule has 3 rings (SSSR count). The van der Waals surface area contributed by atoms with E-state index in [2.05, 4.69) is 20.3 Å². The molecular weight excluding hydrogens is 394 g/mol. The van der Waals surface area contributed by atoms with Crippen molar-refractivity contribution in [2.24, 2.45) is 0 Å². The van der Waals surface area contributed by atoms with E-state index in [0.717, 1.165) is 11.1 Å². The van der Waals surface area contributed by atoms with Gasteiger partial charge in [0.15, 0.2) is 5.76 Å². The van der Waals surface area contributed by atoms with Crippen molar-refractivity contribution in [3.05, 3.63) is 65.3 Å². The van der Waals surface area contributed by atoms with Crippen molar-refractivity contribution in [1.82, 2.24) is 25.0 Å². The fourth-order valence-electron chi connectivity index (χ4n) is 2.89. The zero-order valence-corrected chi connectivity index (χ0v) is 17.2. The van der Waals surface area contributed by atoms with E-state index in [9.17, 15) is 13.2 Å². The van der Waals surface area contributed by atoms with Crippen molar-refractivity contribution in [3.63, 3.8) is 0 Å². The maximum Gasteiger partial charge on any atom is 0.246 e. The first-order valence-corrected chi connectivity index (χ1v) is 10.5. The number of amides is 1. The third-order valence-electron chi connectivity index (χ3n) is 4.36. The van der Waals surface area contributed by atoms with Gasteiger partial charge >= 0.3 is 0 Å². The van der Waals surface area contributed by atoms with E-state index in [0.29, 0.717) is 6.54 Å². The van der Waals surface area contributed by atoms with E-state index in [4.69, 9.17) is 4.52 Å². The molecule has 0 bridgehead atoms. The molecule has 0 aliphatic rings. The lowest BCUT2D eigenvalue weighted by atomic mass is 10.1. The highest BCUT2D eigenvalue weighted by atomic mass is 32.2. The molecule has 0 aliphatic carbocycles. The molecule has 2 N–H and O–H groups in total. The minimum absolute atomic E-state index is 0.0371. The highest BCUT2D eigenvalue weighted by Crippen LogP contribution is 2.18. The fraction of sp³-hybridized carbons (Fsp3) is 0.316.